The normalized spacial score (nSPS) is 13.2. The van der Waals surface area contributed by atoms with Gasteiger partial charge in [-0.05, 0) is 12.1 Å². The van der Waals surface area contributed by atoms with Crippen molar-refractivity contribution in [3.05, 3.63) is 34.7 Å². The molecule has 0 fully saturated rings. The molecule has 0 radical (unpaired) electrons. The molecule has 0 aliphatic heterocycles. The van der Waals surface area contributed by atoms with Crippen LogP contribution in [0.3, 0.4) is 0 Å². The fraction of sp³-hybridized carbons (Fsp3) is 0.462. The van der Waals surface area contributed by atoms with Crippen LogP contribution in [0.25, 0.3) is 11.0 Å². The lowest BCUT2D eigenvalue weighted by atomic mass is 10.3. The van der Waals surface area contributed by atoms with E-state index in [-0.39, 0.29) is 5.69 Å². The van der Waals surface area contributed by atoms with Gasteiger partial charge in [0.25, 0.3) is 0 Å². The number of aromatic nitrogens is 2. The van der Waals surface area contributed by atoms with Crippen molar-refractivity contribution >= 4 is 27.5 Å². The number of para-hydroxylation sites is 2. The van der Waals surface area contributed by atoms with Crippen molar-refractivity contribution in [1.29, 1.82) is 0 Å². The highest BCUT2D eigenvalue weighted by atomic mass is 28.3. The quantitative estimate of drug-likeness (QED) is 0.775. The number of fused-ring (bicyclic) bond motifs is 1. The predicted molar refractivity (Wildman–Crippen MR) is 83.7 cm³/mol. The molecule has 0 amide bonds. The Balaban J connectivity index is 2.99. The third kappa shape index (κ3) is 2.01. The maximum atomic E-state index is 12.8. The van der Waals surface area contributed by atoms with Crippen molar-refractivity contribution in [1.82, 2.24) is 8.47 Å². The molecule has 0 unspecified atom stereocenters. The molecule has 0 saturated heterocycles. The Hall–Kier alpha value is -1.08. The summed E-state index contributed by atoms with van der Waals surface area (Å²) in [5, 5.41) is 0. The molecular formula is C13H22N2OSi2. The van der Waals surface area contributed by atoms with Gasteiger partial charge < -0.3 is 8.47 Å². The number of hydrogen-bond donors (Lipinski definition) is 0. The molecule has 5 heteroatoms. The Labute approximate surface area is 110 Å². The maximum absolute atomic E-state index is 12.8. The summed E-state index contributed by atoms with van der Waals surface area (Å²) in [6, 6.07) is 8.19. The first-order valence-electron chi connectivity index (χ1n) is 6.37. The van der Waals surface area contributed by atoms with Crippen molar-refractivity contribution in [3.8, 4) is 0 Å². The van der Waals surface area contributed by atoms with Crippen LogP contribution in [0.1, 0.15) is 0 Å². The lowest BCUT2D eigenvalue weighted by Gasteiger charge is -2.20. The van der Waals surface area contributed by atoms with Crippen molar-refractivity contribution in [2.24, 2.45) is 0 Å². The van der Waals surface area contributed by atoms with E-state index < -0.39 is 16.5 Å². The molecule has 1 aromatic heterocycles. The molecule has 0 bridgehead atoms. The summed E-state index contributed by atoms with van der Waals surface area (Å²) in [5.74, 6) is 0. The van der Waals surface area contributed by atoms with Gasteiger partial charge in [-0.25, -0.2) is 4.79 Å². The van der Waals surface area contributed by atoms with Gasteiger partial charge in [-0.1, -0.05) is 51.4 Å². The Morgan fingerprint density at radius 3 is 1.39 bits per heavy atom. The minimum atomic E-state index is -1.69. The first-order valence-corrected chi connectivity index (χ1v) is 13.3. The highest BCUT2D eigenvalue weighted by Gasteiger charge is 2.29. The van der Waals surface area contributed by atoms with Crippen LogP contribution in [0.5, 0.6) is 0 Å². The zero-order valence-corrected chi connectivity index (χ0v) is 14.1. The monoisotopic (exact) mass is 278 g/mol. The van der Waals surface area contributed by atoms with Crippen molar-refractivity contribution < 1.29 is 0 Å². The summed E-state index contributed by atoms with van der Waals surface area (Å²) >= 11 is 0. The van der Waals surface area contributed by atoms with E-state index in [0.29, 0.717) is 0 Å². The maximum Gasteiger partial charge on any atom is 0.312 e. The van der Waals surface area contributed by atoms with E-state index in [1.54, 1.807) is 0 Å². The van der Waals surface area contributed by atoms with Gasteiger partial charge in [0.15, 0.2) is 16.5 Å². The number of imidazole rings is 1. The third-order valence-corrected chi connectivity index (χ3v) is 6.64. The van der Waals surface area contributed by atoms with E-state index in [0.717, 1.165) is 11.0 Å². The molecule has 0 saturated carbocycles. The van der Waals surface area contributed by atoms with Crippen LogP contribution in [0.15, 0.2) is 29.1 Å². The Kier molecular flexibility index (Phi) is 2.94. The Bertz CT molecular complexity index is 588. The minimum absolute atomic E-state index is 0.189. The molecule has 18 heavy (non-hydrogen) atoms. The first kappa shape index (κ1) is 13.4. The summed E-state index contributed by atoms with van der Waals surface area (Å²) in [6.07, 6.45) is 0. The Morgan fingerprint density at radius 2 is 1.11 bits per heavy atom. The van der Waals surface area contributed by atoms with Crippen LogP contribution in [0.4, 0.5) is 0 Å². The van der Waals surface area contributed by atoms with Crippen LogP contribution < -0.4 is 5.69 Å². The summed E-state index contributed by atoms with van der Waals surface area (Å²) in [4.78, 5) is 12.8. The van der Waals surface area contributed by atoms with Gasteiger partial charge in [-0.15, -0.1) is 0 Å². The van der Waals surface area contributed by atoms with Crippen LogP contribution in [-0.2, 0) is 0 Å². The fourth-order valence-electron chi connectivity index (χ4n) is 2.44. The van der Waals surface area contributed by atoms with Gasteiger partial charge >= 0.3 is 5.69 Å². The average Bonchev–Trinajstić information content (AvgIpc) is 2.47. The van der Waals surface area contributed by atoms with E-state index in [9.17, 15) is 4.79 Å². The lowest BCUT2D eigenvalue weighted by Crippen LogP contribution is -2.47. The van der Waals surface area contributed by atoms with Crippen molar-refractivity contribution in [2.45, 2.75) is 39.3 Å². The molecule has 1 aromatic carbocycles. The first-order chi connectivity index (χ1) is 8.14. The second-order valence-corrected chi connectivity index (χ2v) is 16.4. The van der Waals surface area contributed by atoms with Crippen LogP contribution in [0.2, 0.25) is 39.3 Å². The fourth-order valence-corrected chi connectivity index (χ4v) is 5.72. The zero-order chi connectivity index (χ0) is 13.7. The molecule has 0 N–H and O–H groups in total. The summed E-state index contributed by atoms with van der Waals surface area (Å²) in [7, 11) is -3.39. The standard InChI is InChI=1S/C13H22N2OSi2/c1-17(2,3)14-11-9-7-8-10-12(11)15(13(14)16)18(4,5)6/h7-10H,1-6H3. The molecule has 3 nitrogen and oxygen atoms in total. The number of rotatable bonds is 2. The van der Waals surface area contributed by atoms with Gasteiger partial charge in [-0.3, -0.25) is 0 Å². The number of hydrogen-bond acceptors (Lipinski definition) is 1. The molecule has 0 spiro atoms. The predicted octanol–water partition coefficient (Wildman–Crippen LogP) is 3.17. The van der Waals surface area contributed by atoms with Crippen LogP contribution in [0, 0.1) is 0 Å². The van der Waals surface area contributed by atoms with Gasteiger partial charge in [0.2, 0.25) is 0 Å². The van der Waals surface area contributed by atoms with Crippen molar-refractivity contribution in [3.63, 3.8) is 0 Å². The molecular weight excluding hydrogens is 256 g/mol. The topological polar surface area (TPSA) is 26.9 Å². The van der Waals surface area contributed by atoms with Crippen LogP contribution >= 0.6 is 0 Å². The van der Waals surface area contributed by atoms with E-state index in [1.165, 1.54) is 0 Å². The summed E-state index contributed by atoms with van der Waals surface area (Å²) < 4.78 is 4.11. The third-order valence-electron chi connectivity index (χ3n) is 3.09. The highest BCUT2D eigenvalue weighted by Crippen LogP contribution is 2.20. The molecule has 0 atom stereocenters. The minimum Gasteiger partial charge on any atom is -0.322 e. The van der Waals surface area contributed by atoms with E-state index >= 15 is 0 Å². The van der Waals surface area contributed by atoms with E-state index in [1.807, 2.05) is 12.1 Å². The smallest absolute Gasteiger partial charge is 0.312 e. The molecule has 1 heterocycles. The molecule has 0 aliphatic rings. The second-order valence-electron chi connectivity index (χ2n) is 6.78. The van der Waals surface area contributed by atoms with Gasteiger partial charge in [0.05, 0.1) is 11.0 Å². The van der Waals surface area contributed by atoms with Crippen LogP contribution in [-0.4, -0.2) is 24.9 Å². The molecule has 98 valence electrons. The Morgan fingerprint density at radius 1 is 0.778 bits per heavy atom. The van der Waals surface area contributed by atoms with Gasteiger partial charge in [0, 0.05) is 0 Å². The van der Waals surface area contributed by atoms with Gasteiger partial charge in [-0.2, -0.15) is 0 Å². The lowest BCUT2D eigenvalue weighted by molar-refractivity contribution is 0.997. The van der Waals surface area contributed by atoms with Crippen molar-refractivity contribution in [2.75, 3.05) is 0 Å². The molecule has 2 rings (SSSR count). The van der Waals surface area contributed by atoms with E-state index in [2.05, 4.69) is 59.9 Å². The number of benzene rings is 1. The summed E-state index contributed by atoms with van der Waals surface area (Å²) in [6.45, 7) is 13.3. The second kappa shape index (κ2) is 3.96. The largest absolute Gasteiger partial charge is 0.322 e. The SMILES string of the molecule is C[Si](C)(C)n1c(=O)n([Si](C)(C)C)c2ccccc21. The number of nitrogens with zero attached hydrogens (tertiary/aromatic N) is 2. The average molecular weight is 279 g/mol. The van der Waals surface area contributed by atoms with E-state index in [4.69, 9.17) is 0 Å². The van der Waals surface area contributed by atoms with Gasteiger partial charge in [0.1, 0.15) is 0 Å². The highest BCUT2D eigenvalue weighted by molar-refractivity contribution is 6.77. The summed E-state index contributed by atoms with van der Waals surface area (Å²) in [5.41, 5.74) is 2.39. The zero-order valence-electron chi connectivity index (χ0n) is 12.1. The molecule has 2 aromatic rings. The molecule has 0 aliphatic carbocycles.